The van der Waals surface area contributed by atoms with E-state index in [2.05, 4.69) is 29.1 Å². The second kappa shape index (κ2) is 7.76. The summed E-state index contributed by atoms with van der Waals surface area (Å²) in [6, 6.07) is 20.0. The van der Waals surface area contributed by atoms with E-state index in [-0.39, 0.29) is 18.4 Å². The average molecular weight is 361 g/mol. The Morgan fingerprint density at radius 1 is 1.07 bits per heavy atom. The Hall–Kier alpha value is -2.92. The lowest BCUT2D eigenvalue weighted by Gasteiger charge is -2.40. The minimum Gasteiger partial charge on any atom is -0.444 e. The second-order valence-electron chi connectivity index (χ2n) is 6.96. The van der Waals surface area contributed by atoms with Gasteiger partial charge < -0.3 is 14.2 Å². The summed E-state index contributed by atoms with van der Waals surface area (Å²) in [5.74, 6) is 0.640. The molecule has 0 radical (unpaired) electrons. The molecule has 2 heterocycles. The summed E-state index contributed by atoms with van der Waals surface area (Å²) in [6.07, 6.45) is 1.84. The van der Waals surface area contributed by atoms with E-state index in [1.165, 1.54) is 5.56 Å². The van der Waals surface area contributed by atoms with Crippen molar-refractivity contribution in [1.82, 2.24) is 14.8 Å². The molecule has 138 valence electrons. The lowest BCUT2D eigenvalue weighted by Crippen LogP contribution is -2.49. The van der Waals surface area contributed by atoms with Gasteiger partial charge in [0.15, 0.2) is 0 Å². The number of nitrogens with zero attached hydrogens (tertiary/aromatic N) is 3. The highest BCUT2D eigenvalue weighted by Crippen LogP contribution is 2.26. The van der Waals surface area contributed by atoms with Gasteiger partial charge in [-0.2, -0.15) is 0 Å². The van der Waals surface area contributed by atoms with Crippen LogP contribution in [0.4, 0.5) is 0 Å². The topological polar surface area (TPSA) is 49.6 Å². The summed E-state index contributed by atoms with van der Waals surface area (Å²) in [5.41, 5.74) is 2.75. The van der Waals surface area contributed by atoms with Gasteiger partial charge in [-0.15, -0.1) is 0 Å². The Balaban J connectivity index is 1.51. The molecule has 2 aromatic carbocycles. The fourth-order valence-corrected chi connectivity index (χ4v) is 3.54. The lowest BCUT2D eigenvalue weighted by atomic mass is 10.0. The number of amides is 1. The van der Waals surface area contributed by atoms with Gasteiger partial charge >= 0.3 is 0 Å². The molecule has 4 rings (SSSR count). The first-order valence-corrected chi connectivity index (χ1v) is 9.23. The third-order valence-electron chi connectivity index (χ3n) is 4.99. The van der Waals surface area contributed by atoms with E-state index in [4.69, 9.17) is 4.42 Å². The number of carbonyl (C=O) groups excluding carboxylic acids is 1. The SMILES string of the molecule is CN1CCN(C(=O)Cc2coc(-c3ccccc3)n2)C(c2ccccc2)C1. The standard InChI is InChI=1S/C22H23N3O2/c1-24-12-13-25(20(15-24)17-8-4-2-5-9-17)21(26)14-19-16-27-22(23-19)18-10-6-3-7-11-18/h2-11,16,20H,12-15H2,1H3. The van der Waals surface area contributed by atoms with Crippen molar-refractivity contribution in [2.24, 2.45) is 0 Å². The number of rotatable bonds is 4. The first-order valence-electron chi connectivity index (χ1n) is 9.23. The minimum absolute atomic E-state index is 0.0675. The summed E-state index contributed by atoms with van der Waals surface area (Å²) < 4.78 is 5.58. The zero-order valence-electron chi connectivity index (χ0n) is 15.4. The molecule has 1 amide bonds. The molecule has 1 fully saturated rings. The summed E-state index contributed by atoms with van der Waals surface area (Å²) in [6.45, 7) is 2.44. The van der Waals surface area contributed by atoms with Crippen molar-refractivity contribution in [2.75, 3.05) is 26.7 Å². The summed E-state index contributed by atoms with van der Waals surface area (Å²) in [4.78, 5) is 21.8. The molecule has 1 unspecified atom stereocenters. The average Bonchev–Trinajstić information content (AvgIpc) is 3.17. The molecule has 0 N–H and O–H groups in total. The van der Waals surface area contributed by atoms with E-state index < -0.39 is 0 Å². The molecule has 0 aliphatic carbocycles. The van der Waals surface area contributed by atoms with Gasteiger partial charge in [-0.25, -0.2) is 4.98 Å². The smallest absolute Gasteiger partial charge is 0.229 e. The minimum atomic E-state index is 0.0675. The molecule has 1 atom stereocenters. The zero-order chi connectivity index (χ0) is 18.6. The Labute approximate surface area is 159 Å². The first-order chi connectivity index (χ1) is 13.2. The van der Waals surface area contributed by atoms with Crippen LogP contribution in [0.15, 0.2) is 71.3 Å². The monoisotopic (exact) mass is 361 g/mol. The third-order valence-corrected chi connectivity index (χ3v) is 4.99. The fourth-order valence-electron chi connectivity index (χ4n) is 3.54. The Morgan fingerprint density at radius 3 is 2.52 bits per heavy atom. The number of likely N-dealkylation sites (N-methyl/N-ethyl adjacent to an activating group) is 1. The fraction of sp³-hybridized carbons (Fsp3) is 0.273. The third kappa shape index (κ3) is 3.93. The summed E-state index contributed by atoms with van der Waals surface area (Å²) in [7, 11) is 2.10. The van der Waals surface area contributed by atoms with Crippen LogP contribution >= 0.6 is 0 Å². The molecule has 1 saturated heterocycles. The van der Waals surface area contributed by atoms with Crippen LogP contribution in [0.2, 0.25) is 0 Å². The van der Waals surface area contributed by atoms with E-state index in [0.29, 0.717) is 11.6 Å². The molecule has 27 heavy (non-hydrogen) atoms. The number of oxazole rings is 1. The Bertz CT molecular complexity index is 892. The van der Waals surface area contributed by atoms with Crippen LogP contribution in [0.1, 0.15) is 17.3 Å². The van der Waals surface area contributed by atoms with Gasteiger partial charge in [-0.1, -0.05) is 48.5 Å². The van der Waals surface area contributed by atoms with Gasteiger partial charge in [0.2, 0.25) is 11.8 Å². The zero-order valence-corrected chi connectivity index (χ0v) is 15.4. The summed E-state index contributed by atoms with van der Waals surface area (Å²) in [5, 5.41) is 0. The molecular weight excluding hydrogens is 338 g/mol. The van der Waals surface area contributed by atoms with E-state index in [0.717, 1.165) is 25.2 Å². The highest BCUT2D eigenvalue weighted by Gasteiger charge is 2.30. The highest BCUT2D eigenvalue weighted by molar-refractivity contribution is 5.79. The van der Waals surface area contributed by atoms with Crippen LogP contribution in [0, 0.1) is 0 Å². The normalized spacial score (nSPS) is 17.8. The second-order valence-corrected chi connectivity index (χ2v) is 6.96. The van der Waals surface area contributed by atoms with Crippen LogP contribution in [0.3, 0.4) is 0 Å². The Kier molecular flexibility index (Phi) is 5.03. The maximum absolute atomic E-state index is 13.0. The summed E-state index contributed by atoms with van der Waals surface area (Å²) >= 11 is 0. The van der Waals surface area contributed by atoms with E-state index in [1.54, 1.807) is 6.26 Å². The van der Waals surface area contributed by atoms with Crippen LogP contribution < -0.4 is 0 Å². The van der Waals surface area contributed by atoms with E-state index in [9.17, 15) is 4.79 Å². The van der Waals surface area contributed by atoms with Crippen molar-refractivity contribution in [3.63, 3.8) is 0 Å². The number of hydrogen-bond acceptors (Lipinski definition) is 4. The molecule has 0 saturated carbocycles. The number of piperazine rings is 1. The maximum Gasteiger partial charge on any atom is 0.229 e. The van der Waals surface area contributed by atoms with Crippen molar-refractivity contribution in [2.45, 2.75) is 12.5 Å². The van der Waals surface area contributed by atoms with Crippen LogP contribution in [0.25, 0.3) is 11.5 Å². The number of benzene rings is 2. The number of hydrogen-bond donors (Lipinski definition) is 0. The van der Waals surface area contributed by atoms with Gasteiger partial charge in [-0.05, 0) is 24.7 Å². The van der Waals surface area contributed by atoms with Crippen molar-refractivity contribution >= 4 is 5.91 Å². The predicted octanol–water partition coefficient (Wildman–Crippen LogP) is 3.40. The molecule has 5 nitrogen and oxygen atoms in total. The van der Waals surface area contributed by atoms with Crippen molar-refractivity contribution in [1.29, 1.82) is 0 Å². The van der Waals surface area contributed by atoms with Gasteiger partial charge in [0.05, 0.1) is 18.2 Å². The highest BCUT2D eigenvalue weighted by atomic mass is 16.3. The van der Waals surface area contributed by atoms with Crippen LogP contribution in [0.5, 0.6) is 0 Å². The van der Waals surface area contributed by atoms with Crippen molar-refractivity contribution in [3.05, 3.63) is 78.2 Å². The molecule has 3 aromatic rings. The van der Waals surface area contributed by atoms with Gasteiger partial charge in [0.1, 0.15) is 6.26 Å². The molecule has 1 aromatic heterocycles. The van der Waals surface area contributed by atoms with Crippen molar-refractivity contribution in [3.8, 4) is 11.5 Å². The molecular formula is C22H23N3O2. The van der Waals surface area contributed by atoms with E-state index >= 15 is 0 Å². The Morgan fingerprint density at radius 2 is 1.78 bits per heavy atom. The van der Waals surface area contributed by atoms with Gasteiger partial charge in [-0.3, -0.25) is 4.79 Å². The van der Waals surface area contributed by atoms with Crippen molar-refractivity contribution < 1.29 is 9.21 Å². The lowest BCUT2D eigenvalue weighted by molar-refractivity contribution is -0.135. The molecule has 1 aliphatic heterocycles. The molecule has 0 spiro atoms. The van der Waals surface area contributed by atoms with Gasteiger partial charge in [0, 0.05) is 25.2 Å². The molecule has 0 bridgehead atoms. The molecule has 1 aliphatic rings. The quantitative estimate of drug-likeness (QED) is 0.715. The van der Waals surface area contributed by atoms with Crippen LogP contribution in [-0.4, -0.2) is 47.4 Å². The first kappa shape index (κ1) is 17.5. The maximum atomic E-state index is 13.0. The number of carbonyl (C=O) groups is 1. The predicted molar refractivity (Wildman–Crippen MR) is 104 cm³/mol. The molecule has 5 heteroatoms. The van der Waals surface area contributed by atoms with Crippen LogP contribution in [-0.2, 0) is 11.2 Å². The van der Waals surface area contributed by atoms with Gasteiger partial charge in [0.25, 0.3) is 0 Å². The van der Waals surface area contributed by atoms with E-state index in [1.807, 2.05) is 53.4 Å². The number of aromatic nitrogens is 1. The largest absolute Gasteiger partial charge is 0.444 e.